The molecule has 0 radical (unpaired) electrons. The Hall–Kier alpha value is -0.620. The summed E-state index contributed by atoms with van der Waals surface area (Å²) in [7, 11) is 0. The highest BCUT2D eigenvalue weighted by atomic mass is 79.9. The Morgan fingerprint density at radius 1 is 1.67 bits per heavy atom. The van der Waals surface area contributed by atoms with Crippen LogP contribution in [0.5, 0.6) is 0 Å². The third-order valence-electron chi connectivity index (χ3n) is 2.52. The van der Waals surface area contributed by atoms with Crippen molar-refractivity contribution in [1.29, 1.82) is 0 Å². The molecule has 15 heavy (non-hydrogen) atoms. The van der Waals surface area contributed by atoms with Gasteiger partial charge >= 0.3 is 5.97 Å². The number of aliphatic hydroxyl groups excluding tert-OH is 1. The van der Waals surface area contributed by atoms with E-state index in [0.717, 1.165) is 0 Å². The summed E-state index contributed by atoms with van der Waals surface area (Å²) in [6.07, 6.45) is 0.483. The summed E-state index contributed by atoms with van der Waals surface area (Å²) in [6, 6.07) is -0.883. The highest BCUT2D eigenvalue weighted by Crippen LogP contribution is 2.22. The predicted octanol–water partition coefficient (Wildman–Crippen LogP) is 0.0654. The molecule has 1 aliphatic heterocycles. The van der Waals surface area contributed by atoms with Crippen molar-refractivity contribution in [2.45, 2.75) is 18.9 Å². The number of carbonyl (C=O) groups is 2. The SMILES string of the molecule is O=C(O)[C@H](CCO)N1CC(CBr)CC1=O. The summed E-state index contributed by atoms with van der Waals surface area (Å²) in [5.74, 6) is -1.01. The van der Waals surface area contributed by atoms with Crippen molar-refractivity contribution in [3.05, 3.63) is 0 Å². The molecule has 1 amide bonds. The lowest BCUT2D eigenvalue weighted by Gasteiger charge is -2.23. The van der Waals surface area contributed by atoms with E-state index in [9.17, 15) is 9.59 Å². The molecule has 0 aromatic heterocycles. The molecule has 0 bridgehead atoms. The molecule has 2 atom stereocenters. The molecule has 6 heteroatoms. The molecule has 0 aromatic rings. The molecule has 1 fully saturated rings. The highest BCUT2D eigenvalue weighted by Gasteiger charge is 2.36. The number of carboxylic acids is 1. The van der Waals surface area contributed by atoms with E-state index in [1.807, 2.05) is 0 Å². The number of rotatable bonds is 5. The molecule has 86 valence electrons. The summed E-state index contributed by atoms with van der Waals surface area (Å²) in [6.45, 7) is 0.237. The maximum absolute atomic E-state index is 11.5. The highest BCUT2D eigenvalue weighted by molar-refractivity contribution is 9.09. The Balaban J connectivity index is 2.68. The number of alkyl halides is 1. The van der Waals surface area contributed by atoms with Crippen LogP contribution in [0.25, 0.3) is 0 Å². The monoisotopic (exact) mass is 279 g/mol. The zero-order valence-corrected chi connectivity index (χ0v) is 9.81. The second-order valence-corrected chi connectivity index (χ2v) is 4.28. The second-order valence-electron chi connectivity index (χ2n) is 3.64. The number of aliphatic hydroxyl groups is 1. The average Bonchev–Trinajstić information content (AvgIpc) is 2.55. The molecule has 2 N–H and O–H groups in total. The van der Waals surface area contributed by atoms with Crippen LogP contribution >= 0.6 is 15.9 Å². The van der Waals surface area contributed by atoms with Gasteiger partial charge in [-0.3, -0.25) is 4.79 Å². The summed E-state index contributed by atoms with van der Waals surface area (Å²) in [5, 5.41) is 18.4. The fraction of sp³-hybridized carbons (Fsp3) is 0.778. The third kappa shape index (κ3) is 2.92. The Morgan fingerprint density at radius 2 is 2.33 bits per heavy atom. The predicted molar refractivity (Wildman–Crippen MR) is 56.7 cm³/mol. The van der Waals surface area contributed by atoms with E-state index in [2.05, 4.69) is 15.9 Å². The van der Waals surface area contributed by atoms with Gasteiger partial charge in [0.25, 0.3) is 0 Å². The number of halogens is 1. The zero-order chi connectivity index (χ0) is 11.4. The van der Waals surface area contributed by atoms with Gasteiger partial charge in [-0.15, -0.1) is 0 Å². The zero-order valence-electron chi connectivity index (χ0n) is 8.23. The van der Waals surface area contributed by atoms with Gasteiger partial charge in [0.1, 0.15) is 6.04 Å². The Bertz CT molecular complexity index is 258. The molecule has 5 nitrogen and oxygen atoms in total. The van der Waals surface area contributed by atoms with Crippen LogP contribution in [-0.2, 0) is 9.59 Å². The number of hydrogen-bond donors (Lipinski definition) is 2. The van der Waals surface area contributed by atoms with Gasteiger partial charge in [-0.25, -0.2) is 4.79 Å². The van der Waals surface area contributed by atoms with Crippen molar-refractivity contribution >= 4 is 27.8 Å². The number of nitrogens with zero attached hydrogens (tertiary/aromatic N) is 1. The molecule has 0 aliphatic carbocycles. The average molecular weight is 280 g/mol. The third-order valence-corrected chi connectivity index (χ3v) is 3.44. The van der Waals surface area contributed by atoms with Gasteiger partial charge in [0.15, 0.2) is 0 Å². The van der Waals surface area contributed by atoms with Crippen LogP contribution < -0.4 is 0 Å². The van der Waals surface area contributed by atoms with E-state index >= 15 is 0 Å². The molecule has 1 rings (SSSR count). The Labute approximate surface area is 96.2 Å². The minimum atomic E-state index is -1.05. The van der Waals surface area contributed by atoms with Crippen LogP contribution in [0.4, 0.5) is 0 Å². The smallest absolute Gasteiger partial charge is 0.326 e. The van der Waals surface area contributed by atoms with Crippen LogP contribution in [0.15, 0.2) is 0 Å². The molecule has 1 unspecified atom stereocenters. The number of carbonyl (C=O) groups excluding carboxylic acids is 1. The molecule has 1 aliphatic rings. The fourth-order valence-corrected chi connectivity index (χ4v) is 2.18. The van der Waals surface area contributed by atoms with Gasteiger partial charge in [-0.1, -0.05) is 15.9 Å². The number of amides is 1. The van der Waals surface area contributed by atoms with Gasteiger partial charge in [0.2, 0.25) is 5.91 Å². The molecule has 1 saturated heterocycles. The minimum absolute atomic E-state index is 0.0933. The van der Waals surface area contributed by atoms with Crippen molar-refractivity contribution in [3.63, 3.8) is 0 Å². The quantitative estimate of drug-likeness (QED) is 0.698. The Kier molecular flexibility index (Phi) is 4.53. The molecule has 0 aromatic carbocycles. The fourth-order valence-electron chi connectivity index (χ4n) is 1.75. The molecular formula is C9H14BrNO4. The van der Waals surface area contributed by atoms with E-state index in [1.165, 1.54) is 4.90 Å². The van der Waals surface area contributed by atoms with Crippen LogP contribution in [0, 0.1) is 5.92 Å². The molecule has 0 spiro atoms. The largest absolute Gasteiger partial charge is 0.480 e. The summed E-state index contributed by atoms with van der Waals surface area (Å²) >= 11 is 3.28. The number of likely N-dealkylation sites (tertiary alicyclic amines) is 1. The van der Waals surface area contributed by atoms with Crippen LogP contribution in [0.1, 0.15) is 12.8 Å². The van der Waals surface area contributed by atoms with Crippen molar-refractivity contribution in [3.8, 4) is 0 Å². The number of aliphatic carboxylic acids is 1. The van der Waals surface area contributed by atoms with Crippen LogP contribution in [0.2, 0.25) is 0 Å². The lowest BCUT2D eigenvalue weighted by atomic mass is 10.1. The molecule has 0 saturated carbocycles. The summed E-state index contributed by atoms with van der Waals surface area (Å²) in [4.78, 5) is 23.8. The van der Waals surface area contributed by atoms with Crippen LogP contribution in [0.3, 0.4) is 0 Å². The second kappa shape index (κ2) is 5.46. The van der Waals surface area contributed by atoms with Gasteiger partial charge in [0.05, 0.1) is 0 Å². The number of hydrogen-bond acceptors (Lipinski definition) is 3. The first-order chi connectivity index (χ1) is 7.10. The maximum Gasteiger partial charge on any atom is 0.326 e. The number of carboxylic acid groups (broad SMARTS) is 1. The van der Waals surface area contributed by atoms with Gasteiger partial charge in [0, 0.05) is 31.3 Å². The van der Waals surface area contributed by atoms with E-state index in [0.29, 0.717) is 18.3 Å². The summed E-state index contributed by atoms with van der Waals surface area (Å²) in [5.41, 5.74) is 0. The van der Waals surface area contributed by atoms with Gasteiger partial charge < -0.3 is 15.1 Å². The van der Waals surface area contributed by atoms with Crippen molar-refractivity contribution < 1.29 is 19.8 Å². The maximum atomic E-state index is 11.5. The van der Waals surface area contributed by atoms with Crippen molar-refractivity contribution in [1.82, 2.24) is 4.90 Å². The molecular weight excluding hydrogens is 266 g/mol. The van der Waals surface area contributed by atoms with Crippen molar-refractivity contribution in [2.75, 3.05) is 18.5 Å². The first kappa shape index (κ1) is 12.4. The topological polar surface area (TPSA) is 77.8 Å². The molecule has 1 heterocycles. The van der Waals surface area contributed by atoms with Crippen LogP contribution in [-0.4, -0.2) is 51.5 Å². The lowest BCUT2D eigenvalue weighted by Crippen LogP contribution is -2.42. The van der Waals surface area contributed by atoms with Crippen molar-refractivity contribution in [2.24, 2.45) is 5.92 Å². The normalized spacial score (nSPS) is 23.2. The first-order valence-corrected chi connectivity index (χ1v) is 5.91. The van der Waals surface area contributed by atoms with E-state index in [4.69, 9.17) is 10.2 Å². The standard InChI is InChI=1S/C9H14BrNO4/c10-4-6-3-8(13)11(5-6)7(1-2-12)9(14)15/h6-7,12H,1-5H2,(H,14,15)/t6?,7-/m0/s1. The van der Waals surface area contributed by atoms with Gasteiger partial charge in [-0.2, -0.15) is 0 Å². The Morgan fingerprint density at radius 3 is 2.73 bits per heavy atom. The lowest BCUT2D eigenvalue weighted by molar-refractivity contribution is -0.148. The van der Waals surface area contributed by atoms with E-state index < -0.39 is 12.0 Å². The summed E-state index contributed by atoms with van der Waals surface area (Å²) < 4.78 is 0. The van der Waals surface area contributed by atoms with Gasteiger partial charge in [-0.05, 0) is 5.92 Å². The minimum Gasteiger partial charge on any atom is -0.480 e. The van der Waals surface area contributed by atoms with E-state index in [1.54, 1.807) is 0 Å². The van der Waals surface area contributed by atoms with E-state index in [-0.39, 0.29) is 24.9 Å². The first-order valence-electron chi connectivity index (χ1n) is 4.79.